The Morgan fingerprint density at radius 3 is 2.53 bits per heavy atom. The Labute approximate surface area is 217 Å². The van der Waals surface area contributed by atoms with Crippen molar-refractivity contribution in [2.45, 2.75) is 5.92 Å². The van der Waals surface area contributed by atoms with E-state index < -0.39 is 11.9 Å². The molecule has 1 unspecified atom stereocenters. The Morgan fingerprint density at radius 1 is 1.06 bits per heavy atom. The van der Waals surface area contributed by atoms with Crippen molar-refractivity contribution >= 4 is 35.2 Å². The van der Waals surface area contributed by atoms with Crippen molar-refractivity contribution in [3.8, 4) is 29.1 Å². The van der Waals surface area contributed by atoms with Gasteiger partial charge in [0.2, 0.25) is 5.88 Å². The van der Waals surface area contributed by atoms with Gasteiger partial charge in [0.25, 0.3) is 0 Å². The Bertz CT molecular complexity index is 1440. The molecule has 3 aromatic carbocycles. The van der Waals surface area contributed by atoms with Crippen LogP contribution in [0.1, 0.15) is 22.6 Å². The molecule has 0 radical (unpaired) electrons. The molecule has 9 heteroatoms. The predicted molar refractivity (Wildman–Crippen MR) is 136 cm³/mol. The summed E-state index contributed by atoms with van der Waals surface area (Å²) >= 11 is 12.0. The first kappa shape index (κ1) is 25.0. The number of halogens is 2. The number of esters is 1. The number of hydrogen-bond acceptors (Lipinski definition) is 7. The molecule has 4 rings (SSSR count). The van der Waals surface area contributed by atoms with Gasteiger partial charge in [0.1, 0.15) is 23.1 Å². The molecule has 0 aliphatic carbocycles. The van der Waals surface area contributed by atoms with Gasteiger partial charge in [0, 0.05) is 27.8 Å². The summed E-state index contributed by atoms with van der Waals surface area (Å²) in [6.07, 6.45) is 2.78. The number of hydrogen-bond donors (Lipinski definition) is 1. The predicted octanol–water partition coefficient (Wildman–Crippen LogP) is 5.85. The van der Waals surface area contributed by atoms with Gasteiger partial charge >= 0.3 is 5.97 Å². The van der Waals surface area contributed by atoms with Gasteiger partial charge in [0.15, 0.2) is 11.5 Å². The topological polar surface area (TPSA) is 104 Å². The Morgan fingerprint density at radius 2 is 1.83 bits per heavy atom. The Kier molecular flexibility index (Phi) is 7.39. The van der Waals surface area contributed by atoms with Gasteiger partial charge in [-0.3, -0.25) is 0 Å². The minimum Gasteiger partial charge on any atom is -0.493 e. The third-order valence-electron chi connectivity index (χ3n) is 5.51. The number of carbonyl (C=O) groups is 1. The standard InChI is InChI=1S/C27H20Cl2N2O5/c1-33-22-9-4-16(11-24(22)34-2)26-19-8-7-18(13-23(19)36-27(31)20(26)14-30)35-25(32)10-5-15-3-6-17(28)12-21(15)29/h3-13,26H,31H2,1-2H3/b10-5+. The zero-order valence-electron chi connectivity index (χ0n) is 19.2. The van der Waals surface area contributed by atoms with Gasteiger partial charge in [0.05, 0.1) is 20.1 Å². The molecule has 0 fully saturated rings. The van der Waals surface area contributed by atoms with Crippen LogP contribution in [0.3, 0.4) is 0 Å². The number of ether oxygens (including phenoxy) is 4. The van der Waals surface area contributed by atoms with Gasteiger partial charge in [-0.1, -0.05) is 41.4 Å². The van der Waals surface area contributed by atoms with Gasteiger partial charge < -0.3 is 24.7 Å². The first-order chi connectivity index (χ1) is 17.3. The van der Waals surface area contributed by atoms with E-state index in [1.165, 1.54) is 19.3 Å². The van der Waals surface area contributed by atoms with Crippen LogP contribution in [-0.2, 0) is 4.79 Å². The molecule has 1 atom stereocenters. The molecule has 3 aromatic rings. The summed E-state index contributed by atoms with van der Waals surface area (Å²) in [6, 6.07) is 17.3. The summed E-state index contributed by atoms with van der Waals surface area (Å²) < 4.78 is 21.9. The average molecular weight is 523 g/mol. The molecule has 2 N–H and O–H groups in total. The molecule has 0 aromatic heterocycles. The quantitative estimate of drug-likeness (QED) is 0.246. The van der Waals surface area contributed by atoms with Crippen LogP contribution in [-0.4, -0.2) is 20.2 Å². The van der Waals surface area contributed by atoms with Crippen molar-refractivity contribution in [3.05, 3.63) is 98.9 Å². The molecule has 0 saturated heterocycles. The molecular weight excluding hydrogens is 503 g/mol. The van der Waals surface area contributed by atoms with E-state index in [1.54, 1.807) is 55.6 Å². The highest BCUT2D eigenvalue weighted by Crippen LogP contribution is 2.45. The summed E-state index contributed by atoms with van der Waals surface area (Å²) in [6.45, 7) is 0. The fraction of sp³-hybridized carbons (Fsp3) is 0.111. The summed E-state index contributed by atoms with van der Waals surface area (Å²) in [7, 11) is 3.08. The van der Waals surface area contributed by atoms with E-state index in [0.717, 1.165) is 5.56 Å². The summed E-state index contributed by atoms with van der Waals surface area (Å²) in [5.41, 5.74) is 8.39. The van der Waals surface area contributed by atoms with Crippen LogP contribution in [0, 0.1) is 11.3 Å². The number of allylic oxidation sites excluding steroid dienone is 1. The van der Waals surface area contributed by atoms with E-state index in [9.17, 15) is 10.1 Å². The van der Waals surface area contributed by atoms with E-state index in [1.807, 2.05) is 6.07 Å². The monoisotopic (exact) mass is 522 g/mol. The minimum absolute atomic E-state index is 0.0365. The van der Waals surface area contributed by atoms with Crippen molar-refractivity contribution in [2.75, 3.05) is 14.2 Å². The molecule has 1 heterocycles. The third-order valence-corrected chi connectivity index (χ3v) is 6.07. The van der Waals surface area contributed by atoms with Gasteiger partial charge in [-0.2, -0.15) is 5.26 Å². The van der Waals surface area contributed by atoms with E-state index in [4.69, 9.17) is 47.9 Å². The zero-order chi connectivity index (χ0) is 25.8. The van der Waals surface area contributed by atoms with Crippen LogP contribution in [0.5, 0.6) is 23.0 Å². The smallest absolute Gasteiger partial charge is 0.336 e. The molecule has 0 spiro atoms. The zero-order valence-corrected chi connectivity index (χ0v) is 20.8. The van der Waals surface area contributed by atoms with Crippen LogP contribution < -0.4 is 24.7 Å². The molecule has 1 aliphatic rings. The number of rotatable bonds is 6. The first-order valence-corrected chi connectivity index (χ1v) is 11.4. The number of nitriles is 1. The Hall–Kier alpha value is -4.12. The maximum atomic E-state index is 12.4. The van der Waals surface area contributed by atoms with E-state index in [-0.39, 0.29) is 17.2 Å². The number of nitrogens with zero attached hydrogens (tertiary/aromatic N) is 1. The molecule has 182 valence electrons. The second-order valence-corrected chi connectivity index (χ2v) is 8.50. The van der Waals surface area contributed by atoms with Crippen LogP contribution in [0.15, 0.2) is 72.1 Å². The summed E-state index contributed by atoms with van der Waals surface area (Å²) in [4.78, 5) is 12.4. The molecule has 0 bridgehead atoms. The maximum absolute atomic E-state index is 12.4. The second kappa shape index (κ2) is 10.6. The van der Waals surface area contributed by atoms with E-state index >= 15 is 0 Å². The van der Waals surface area contributed by atoms with Crippen molar-refractivity contribution in [1.29, 1.82) is 5.26 Å². The first-order valence-electron chi connectivity index (χ1n) is 10.6. The largest absolute Gasteiger partial charge is 0.493 e. The molecule has 0 saturated carbocycles. The lowest BCUT2D eigenvalue weighted by Crippen LogP contribution is -2.21. The second-order valence-electron chi connectivity index (χ2n) is 7.66. The highest BCUT2D eigenvalue weighted by molar-refractivity contribution is 6.35. The molecule has 1 aliphatic heterocycles. The Balaban J connectivity index is 1.62. The normalized spacial score (nSPS) is 14.6. The highest BCUT2D eigenvalue weighted by Gasteiger charge is 2.31. The van der Waals surface area contributed by atoms with Crippen molar-refractivity contribution in [3.63, 3.8) is 0 Å². The van der Waals surface area contributed by atoms with Crippen LogP contribution in [0.4, 0.5) is 0 Å². The fourth-order valence-electron chi connectivity index (χ4n) is 3.82. The van der Waals surface area contributed by atoms with Crippen LogP contribution in [0.25, 0.3) is 6.08 Å². The summed E-state index contributed by atoms with van der Waals surface area (Å²) in [5, 5.41) is 10.7. The van der Waals surface area contributed by atoms with Crippen LogP contribution in [0.2, 0.25) is 10.0 Å². The molecule has 0 amide bonds. The summed E-state index contributed by atoms with van der Waals surface area (Å²) in [5.74, 6) is 0.498. The molecule has 7 nitrogen and oxygen atoms in total. The molecule has 36 heavy (non-hydrogen) atoms. The number of nitrogens with two attached hydrogens (primary N) is 1. The van der Waals surface area contributed by atoms with Gasteiger partial charge in [-0.25, -0.2) is 4.79 Å². The van der Waals surface area contributed by atoms with Gasteiger partial charge in [-0.15, -0.1) is 0 Å². The van der Waals surface area contributed by atoms with Crippen LogP contribution >= 0.6 is 23.2 Å². The lowest BCUT2D eigenvalue weighted by molar-refractivity contribution is -0.128. The lowest BCUT2D eigenvalue weighted by Gasteiger charge is -2.27. The minimum atomic E-state index is -0.616. The lowest BCUT2D eigenvalue weighted by atomic mass is 9.83. The van der Waals surface area contributed by atoms with E-state index in [0.29, 0.717) is 38.4 Å². The average Bonchev–Trinajstić information content (AvgIpc) is 2.86. The fourth-order valence-corrected chi connectivity index (χ4v) is 4.29. The number of carbonyl (C=O) groups excluding carboxylic acids is 1. The third kappa shape index (κ3) is 5.10. The SMILES string of the molecule is COc1ccc(C2C(C#N)=C(N)Oc3cc(OC(=O)/C=C/c4ccc(Cl)cc4Cl)ccc32)cc1OC. The van der Waals surface area contributed by atoms with Gasteiger partial charge in [-0.05, 0) is 47.5 Å². The maximum Gasteiger partial charge on any atom is 0.336 e. The van der Waals surface area contributed by atoms with E-state index in [2.05, 4.69) is 6.07 Å². The number of methoxy groups -OCH3 is 2. The number of benzene rings is 3. The number of fused-ring (bicyclic) bond motifs is 1. The highest BCUT2D eigenvalue weighted by atomic mass is 35.5. The molecular formula is C27H20Cl2N2O5. The van der Waals surface area contributed by atoms with Crippen molar-refractivity contribution < 1.29 is 23.7 Å². The van der Waals surface area contributed by atoms with Crippen molar-refractivity contribution in [1.82, 2.24) is 0 Å². The van der Waals surface area contributed by atoms with Crippen molar-refractivity contribution in [2.24, 2.45) is 5.73 Å².